The molecule has 1 saturated carbocycles. The molecule has 1 saturated heterocycles. The van der Waals surface area contributed by atoms with Gasteiger partial charge in [-0.3, -0.25) is 0 Å². The topological polar surface area (TPSA) is 75.3 Å². The Balaban J connectivity index is 1.24. The van der Waals surface area contributed by atoms with E-state index in [0.717, 1.165) is 6.42 Å². The summed E-state index contributed by atoms with van der Waals surface area (Å²) in [5.74, 6) is 1.83. The molecule has 1 aromatic rings. The summed E-state index contributed by atoms with van der Waals surface area (Å²) in [6, 6.07) is 8.63. The molecule has 0 aromatic heterocycles. The van der Waals surface area contributed by atoms with Gasteiger partial charge < -0.3 is 10.6 Å². The van der Waals surface area contributed by atoms with Gasteiger partial charge in [-0.2, -0.15) is 0 Å². The summed E-state index contributed by atoms with van der Waals surface area (Å²) in [5, 5.41) is 6.00. The Hall–Kier alpha value is -1.56. The molecule has 1 heterocycles. The molecule has 2 aliphatic carbocycles. The maximum atomic E-state index is 12.1. The zero-order valence-electron chi connectivity index (χ0n) is 13.0. The third kappa shape index (κ3) is 2.96. The van der Waals surface area contributed by atoms with Crippen molar-refractivity contribution in [2.45, 2.75) is 31.2 Å². The molecule has 4 rings (SSSR count). The standard InChI is InChI=1S/C17H22N2O3S/c20-17(18-10-11-5-7-23(21,22)8-6-11)19-16-14-9-12-3-1-2-4-13(12)15(14)16/h1-4,11,14-16H,5-10H2,(H2,18,19,20)/t14-,15-,16-/m1/s1. The smallest absolute Gasteiger partial charge is 0.315 e. The molecule has 3 aliphatic rings. The fourth-order valence-corrected chi connectivity index (χ4v) is 5.72. The third-order valence-electron chi connectivity index (χ3n) is 5.56. The van der Waals surface area contributed by atoms with E-state index >= 15 is 0 Å². The maximum Gasteiger partial charge on any atom is 0.315 e. The lowest BCUT2D eigenvalue weighted by molar-refractivity contribution is 0.237. The number of carbonyl (C=O) groups excluding carboxylic acids is 1. The number of sulfone groups is 1. The average molecular weight is 334 g/mol. The molecular weight excluding hydrogens is 312 g/mol. The molecule has 6 heteroatoms. The van der Waals surface area contributed by atoms with Crippen LogP contribution in [0.3, 0.4) is 0 Å². The summed E-state index contributed by atoms with van der Waals surface area (Å²) in [4.78, 5) is 12.1. The molecule has 124 valence electrons. The van der Waals surface area contributed by atoms with E-state index in [4.69, 9.17) is 0 Å². The lowest BCUT2D eigenvalue weighted by Crippen LogP contribution is -2.41. The normalized spacial score (nSPS) is 31.0. The van der Waals surface area contributed by atoms with Crippen molar-refractivity contribution in [3.8, 4) is 0 Å². The highest BCUT2D eigenvalue weighted by molar-refractivity contribution is 7.91. The highest BCUT2D eigenvalue weighted by atomic mass is 32.2. The quantitative estimate of drug-likeness (QED) is 0.878. The first-order chi connectivity index (χ1) is 11.0. The van der Waals surface area contributed by atoms with Crippen LogP contribution in [0.1, 0.15) is 29.9 Å². The SMILES string of the molecule is O=C(NCC1CCS(=O)(=O)CC1)N[C@@H]1[C@@H]2Cc3ccccc3[C@H]21. The Morgan fingerprint density at radius 1 is 1.17 bits per heavy atom. The Kier molecular flexibility index (Phi) is 3.59. The number of urea groups is 1. The summed E-state index contributed by atoms with van der Waals surface area (Å²) in [6.45, 7) is 0.569. The first-order valence-corrected chi connectivity index (χ1v) is 10.2. The highest BCUT2D eigenvalue weighted by Gasteiger charge is 2.56. The van der Waals surface area contributed by atoms with E-state index in [-0.39, 0.29) is 29.5 Å². The predicted octanol–water partition coefficient (Wildman–Crippen LogP) is 1.45. The van der Waals surface area contributed by atoms with Crippen LogP contribution in [-0.4, -0.2) is 38.5 Å². The molecule has 0 unspecified atom stereocenters. The van der Waals surface area contributed by atoms with E-state index in [1.54, 1.807) is 0 Å². The van der Waals surface area contributed by atoms with Crippen LogP contribution in [0.5, 0.6) is 0 Å². The Morgan fingerprint density at radius 2 is 1.91 bits per heavy atom. The molecule has 23 heavy (non-hydrogen) atoms. The minimum atomic E-state index is -2.83. The molecule has 3 atom stereocenters. The second-order valence-electron chi connectivity index (χ2n) is 7.07. The molecule has 5 nitrogen and oxygen atoms in total. The van der Waals surface area contributed by atoms with Crippen molar-refractivity contribution in [2.24, 2.45) is 11.8 Å². The van der Waals surface area contributed by atoms with Crippen LogP contribution < -0.4 is 10.6 Å². The summed E-state index contributed by atoms with van der Waals surface area (Å²) in [6.07, 6.45) is 2.38. The van der Waals surface area contributed by atoms with Crippen LogP contribution in [0.15, 0.2) is 24.3 Å². The summed E-state index contributed by atoms with van der Waals surface area (Å²) in [5.41, 5.74) is 2.81. The van der Waals surface area contributed by atoms with Crippen LogP contribution in [0, 0.1) is 11.8 Å². The Bertz CT molecular complexity index is 717. The lowest BCUT2D eigenvalue weighted by Gasteiger charge is -2.22. The zero-order valence-corrected chi connectivity index (χ0v) is 13.8. The van der Waals surface area contributed by atoms with Crippen molar-refractivity contribution in [3.63, 3.8) is 0 Å². The van der Waals surface area contributed by atoms with Crippen molar-refractivity contribution in [1.82, 2.24) is 10.6 Å². The number of hydrogen-bond acceptors (Lipinski definition) is 3. The van der Waals surface area contributed by atoms with Crippen molar-refractivity contribution >= 4 is 15.9 Å². The van der Waals surface area contributed by atoms with Gasteiger partial charge in [0.25, 0.3) is 0 Å². The molecule has 0 bridgehead atoms. The monoisotopic (exact) mass is 334 g/mol. The largest absolute Gasteiger partial charge is 0.338 e. The first-order valence-electron chi connectivity index (χ1n) is 8.36. The fourth-order valence-electron chi connectivity index (χ4n) is 4.13. The van der Waals surface area contributed by atoms with Gasteiger partial charge in [0.1, 0.15) is 9.84 Å². The van der Waals surface area contributed by atoms with Crippen LogP contribution in [0.25, 0.3) is 0 Å². The number of nitrogens with one attached hydrogen (secondary N) is 2. The average Bonchev–Trinajstić information content (AvgIpc) is 3.03. The van der Waals surface area contributed by atoms with Crippen molar-refractivity contribution in [2.75, 3.05) is 18.1 Å². The summed E-state index contributed by atoms with van der Waals surface area (Å²) >= 11 is 0. The minimum absolute atomic E-state index is 0.115. The van der Waals surface area contributed by atoms with E-state index in [2.05, 4.69) is 34.9 Å². The van der Waals surface area contributed by atoms with E-state index in [1.165, 1.54) is 11.1 Å². The molecule has 2 amide bonds. The lowest BCUT2D eigenvalue weighted by atomic mass is 10.0. The molecular formula is C17H22N2O3S. The van der Waals surface area contributed by atoms with E-state index < -0.39 is 9.84 Å². The number of carbonyl (C=O) groups is 1. The molecule has 0 radical (unpaired) electrons. The van der Waals surface area contributed by atoms with Gasteiger partial charge in [0.05, 0.1) is 11.5 Å². The predicted molar refractivity (Wildman–Crippen MR) is 88.1 cm³/mol. The second kappa shape index (κ2) is 5.51. The van der Waals surface area contributed by atoms with Crippen LogP contribution >= 0.6 is 0 Å². The number of hydrogen-bond donors (Lipinski definition) is 2. The van der Waals surface area contributed by atoms with Crippen LogP contribution in [0.2, 0.25) is 0 Å². The van der Waals surface area contributed by atoms with E-state index in [1.807, 2.05) is 0 Å². The van der Waals surface area contributed by atoms with Crippen LogP contribution in [0.4, 0.5) is 4.79 Å². The molecule has 1 aromatic carbocycles. The molecule has 1 aliphatic heterocycles. The summed E-state index contributed by atoms with van der Waals surface area (Å²) < 4.78 is 22.8. The van der Waals surface area contributed by atoms with E-state index in [0.29, 0.717) is 31.2 Å². The van der Waals surface area contributed by atoms with E-state index in [9.17, 15) is 13.2 Å². The first kappa shape index (κ1) is 15.0. The van der Waals surface area contributed by atoms with Gasteiger partial charge in [0.2, 0.25) is 0 Å². The zero-order chi connectivity index (χ0) is 16.0. The van der Waals surface area contributed by atoms with Crippen molar-refractivity contribution < 1.29 is 13.2 Å². The third-order valence-corrected chi connectivity index (χ3v) is 7.28. The highest BCUT2D eigenvalue weighted by Crippen LogP contribution is 2.56. The second-order valence-corrected chi connectivity index (χ2v) is 9.37. The number of benzene rings is 1. The van der Waals surface area contributed by atoms with Gasteiger partial charge >= 0.3 is 6.03 Å². The molecule has 0 spiro atoms. The molecule has 2 fully saturated rings. The van der Waals surface area contributed by atoms with Gasteiger partial charge in [-0.1, -0.05) is 24.3 Å². The number of rotatable bonds is 3. The van der Waals surface area contributed by atoms with Gasteiger partial charge in [-0.05, 0) is 42.2 Å². The fraction of sp³-hybridized carbons (Fsp3) is 0.588. The molecule has 2 N–H and O–H groups in total. The van der Waals surface area contributed by atoms with Gasteiger partial charge in [0, 0.05) is 18.5 Å². The minimum Gasteiger partial charge on any atom is -0.338 e. The maximum absolute atomic E-state index is 12.1. The number of fused-ring (bicyclic) bond motifs is 3. The van der Waals surface area contributed by atoms with Crippen molar-refractivity contribution in [3.05, 3.63) is 35.4 Å². The Morgan fingerprint density at radius 3 is 2.70 bits per heavy atom. The van der Waals surface area contributed by atoms with Gasteiger partial charge in [-0.15, -0.1) is 0 Å². The number of amides is 2. The van der Waals surface area contributed by atoms with Gasteiger partial charge in [-0.25, -0.2) is 13.2 Å². The van der Waals surface area contributed by atoms with Crippen LogP contribution in [-0.2, 0) is 16.3 Å². The summed E-state index contributed by atoms with van der Waals surface area (Å²) in [7, 11) is -2.83. The van der Waals surface area contributed by atoms with Crippen molar-refractivity contribution in [1.29, 1.82) is 0 Å². The van der Waals surface area contributed by atoms with Gasteiger partial charge in [0.15, 0.2) is 0 Å². The Labute approximate surface area is 136 Å².